The highest BCUT2D eigenvalue weighted by molar-refractivity contribution is 6.46. The molecule has 1 heterocycles. The largest absolute Gasteiger partial charge is 0.496 e. The molecule has 30 heavy (non-hydrogen) atoms. The normalized spacial score (nSPS) is 14.0. The standard InChI is InChI=1S/C23H26N2O5/c1-15(2)30-19-12-8-6-10-17(19)25-22(27)20(16-9-5-7-11-18(16)29-4)21(23(25)28)24(3)13-14-26/h5-12,15,26H,13-14H2,1-4H3. The molecule has 0 fully saturated rings. The molecular formula is C23H26N2O5. The zero-order chi connectivity index (χ0) is 21.8. The van der Waals surface area contributed by atoms with E-state index in [0.717, 1.165) is 4.90 Å². The predicted molar refractivity (Wildman–Crippen MR) is 114 cm³/mol. The lowest BCUT2D eigenvalue weighted by atomic mass is 10.0. The van der Waals surface area contributed by atoms with Crippen molar-refractivity contribution in [3.8, 4) is 11.5 Å². The summed E-state index contributed by atoms with van der Waals surface area (Å²) in [5, 5.41) is 9.41. The predicted octanol–water partition coefficient (Wildman–Crippen LogP) is 2.69. The molecule has 7 nitrogen and oxygen atoms in total. The fourth-order valence-electron chi connectivity index (χ4n) is 3.44. The second-order valence-corrected chi connectivity index (χ2v) is 7.15. The highest BCUT2D eigenvalue weighted by Gasteiger charge is 2.43. The van der Waals surface area contributed by atoms with Crippen molar-refractivity contribution < 1.29 is 24.2 Å². The van der Waals surface area contributed by atoms with Crippen molar-refractivity contribution in [3.63, 3.8) is 0 Å². The first-order chi connectivity index (χ1) is 14.4. The molecule has 0 radical (unpaired) electrons. The van der Waals surface area contributed by atoms with Gasteiger partial charge in [0.25, 0.3) is 11.8 Å². The van der Waals surface area contributed by atoms with Crippen molar-refractivity contribution in [3.05, 3.63) is 59.8 Å². The molecule has 1 aliphatic rings. The summed E-state index contributed by atoms with van der Waals surface area (Å²) in [5.41, 5.74) is 1.33. The maximum absolute atomic E-state index is 13.6. The number of benzene rings is 2. The lowest BCUT2D eigenvalue weighted by Crippen LogP contribution is -2.35. The van der Waals surface area contributed by atoms with Crippen LogP contribution >= 0.6 is 0 Å². The molecule has 1 N–H and O–H groups in total. The summed E-state index contributed by atoms with van der Waals surface area (Å²) in [6, 6.07) is 14.0. The highest BCUT2D eigenvalue weighted by atomic mass is 16.5. The minimum Gasteiger partial charge on any atom is -0.496 e. The fourth-order valence-corrected chi connectivity index (χ4v) is 3.44. The third kappa shape index (κ3) is 3.89. The second kappa shape index (κ2) is 9.00. The number of methoxy groups -OCH3 is 1. The molecule has 2 aromatic rings. The minimum absolute atomic E-state index is 0.128. The van der Waals surface area contributed by atoms with Crippen LogP contribution in [0.4, 0.5) is 5.69 Å². The first kappa shape index (κ1) is 21.4. The van der Waals surface area contributed by atoms with E-state index in [4.69, 9.17) is 9.47 Å². The summed E-state index contributed by atoms with van der Waals surface area (Å²) in [4.78, 5) is 29.8. The lowest BCUT2D eigenvalue weighted by Gasteiger charge is -2.22. The third-order valence-corrected chi connectivity index (χ3v) is 4.72. The van der Waals surface area contributed by atoms with Gasteiger partial charge in [0.05, 0.1) is 31.1 Å². The van der Waals surface area contributed by atoms with E-state index in [0.29, 0.717) is 22.7 Å². The zero-order valence-electron chi connectivity index (χ0n) is 17.6. The quantitative estimate of drug-likeness (QED) is 0.674. The van der Waals surface area contributed by atoms with Crippen molar-refractivity contribution in [2.75, 3.05) is 32.2 Å². The molecule has 0 spiro atoms. The van der Waals surface area contributed by atoms with Crippen LogP contribution in [0.1, 0.15) is 19.4 Å². The molecular weight excluding hydrogens is 384 g/mol. The maximum atomic E-state index is 13.6. The van der Waals surface area contributed by atoms with Crippen LogP contribution in [-0.4, -0.2) is 55.2 Å². The second-order valence-electron chi connectivity index (χ2n) is 7.15. The van der Waals surface area contributed by atoms with Crippen molar-refractivity contribution in [2.45, 2.75) is 20.0 Å². The Balaban J connectivity index is 2.18. The topological polar surface area (TPSA) is 79.3 Å². The summed E-state index contributed by atoms with van der Waals surface area (Å²) < 4.78 is 11.3. The van der Waals surface area contributed by atoms with E-state index in [1.54, 1.807) is 60.5 Å². The van der Waals surface area contributed by atoms with Gasteiger partial charge in [-0.2, -0.15) is 0 Å². The molecule has 158 valence electrons. The van der Waals surface area contributed by atoms with Gasteiger partial charge in [0, 0.05) is 19.2 Å². The first-order valence-corrected chi connectivity index (χ1v) is 9.74. The number of nitrogens with zero attached hydrogens (tertiary/aromatic N) is 2. The number of imide groups is 1. The van der Waals surface area contributed by atoms with Gasteiger partial charge in [-0.3, -0.25) is 9.59 Å². The number of anilines is 1. The van der Waals surface area contributed by atoms with E-state index >= 15 is 0 Å². The number of rotatable bonds is 8. The number of para-hydroxylation sites is 3. The number of aliphatic hydroxyl groups excluding tert-OH is 1. The van der Waals surface area contributed by atoms with Gasteiger partial charge >= 0.3 is 0 Å². The van der Waals surface area contributed by atoms with Crippen LogP contribution in [-0.2, 0) is 9.59 Å². The van der Waals surface area contributed by atoms with E-state index in [2.05, 4.69) is 0 Å². The molecule has 0 unspecified atom stereocenters. The Kier molecular flexibility index (Phi) is 6.42. The van der Waals surface area contributed by atoms with E-state index in [-0.39, 0.29) is 30.5 Å². The van der Waals surface area contributed by atoms with E-state index in [1.165, 1.54) is 7.11 Å². The van der Waals surface area contributed by atoms with Crippen LogP contribution in [0.5, 0.6) is 11.5 Å². The average molecular weight is 410 g/mol. The van der Waals surface area contributed by atoms with Gasteiger partial charge in [-0.1, -0.05) is 30.3 Å². The van der Waals surface area contributed by atoms with Crippen LogP contribution in [0.25, 0.3) is 5.57 Å². The maximum Gasteiger partial charge on any atom is 0.282 e. The van der Waals surface area contributed by atoms with Gasteiger partial charge in [0.2, 0.25) is 0 Å². The van der Waals surface area contributed by atoms with Gasteiger partial charge < -0.3 is 19.5 Å². The number of carbonyl (C=O) groups excluding carboxylic acids is 2. The number of likely N-dealkylation sites (N-methyl/N-ethyl adjacent to an activating group) is 1. The number of aliphatic hydroxyl groups is 1. The molecule has 2 amide bonds. The van der Waals surface area contributed by atoms with Gasteiger partial charge in [-0.05, 0) is 32.0 Å². The molecule has 7 heteroatoms. The summed E-state index contributed by atoms with van der Waals surface area (Å²) in [6.07, 6.45) is -0.128. The van der Waals surface area contributed by atoms with Crippen molar-refractivity contribution in [1.29, 1.82) is 0 Å². The van der Waals surface area contributed by atoms with Gasteiger partial charge in [-0.15, -0.1) is 0 Å². The van der Waals surface area contributed by atoms with E-state index < -0.39 is 11.8 Å². The van der Waals surface area contributed by atoms with Gasteiger partial charge in [0.15, 0.2) is 0 Å². The Morgan fingerprint density at radius 3 is 2.27 bits per heavy atom. The monoisotopic (exact) mass is 410 g/mol. The Hall–Kier alpha value is -3.32. The van der Waals surface area contributed by atoms with E-state index in [9.17, 15) is 14.7 Å². The Morgan fingerprint density at radius 1 is 1.00 bits per heavy atom. The molecule has 0 aromatic heterocycles. The van der Waals surface area contributed by atoms with Crippen LogP contribution < -0.4 is 14.4 Å². The number of amides is 2. The first-order valence-electron chi connectivity index (χ1n) is 9.74. The van der Waals surface area contributed by atoms with Crippen LogP contribution in [0.15, 0.2) is 54.2 Å². The van der Waals surface area contributed by atoms with Crippen LogP contribution in [0, 0.1) is 0 Å². The molecule has 0 saturated heterocycles. The summed E-state index contributed by atoms with van der Waals surface area (Å²) in [5.74, 6) is -0.0162. The van der Waals surface area contributed by atoms with Crippen molar-refractivity contribution in [1.82, 2.24) is 4.90 Å². The Labute approximate surface area is 176 Å². The molecule has 0 aliphatic carbocycles. The number of carbonyl (C=O) groups is 2. The summed E-state index contributed by atoms with van der Waals surface area (Å²) >= 11 is 0. The highest BCUT2D eigenvalue weighted by Crippen LogP contribution is 2.40. The van der Waals surface area contributed by atoms with Gasteiger partial charge in [0.1, 0.15) is 17.2 Å². The summed E-state index contributed by atoms with van der Waals surface area (Å²) in [7, 11) is 3.19. The minimum atomic E-state index is -0.475. The smallest absolute Gasteiger partial charge is 0.282 e. The van der Waals surface area contributed by atoms with Crippen molar-refractivity contribution in [2.24, 2.45) is 0 Å². The zero-order valence-corrected chi connectivity index (χ0v) is 17.6. The van der Waals surface area contributed by atoms with E-state index in [1.807, 2.05) is 13.8 Å². The third-order valence-electron chi connectivity index (χ3n) is 4.72. The van der Waals surface area contributed by atoms with Gasteiger partial charge in [-0.25, -0.2) is 4.90 Å². The molecule has 2 aromatic carbocycles. The molecule has 0 atom stereocenters. The van der Waals surface area contributed by atoms with Crippen LogP contribution in [0.2, 0.25) is 0 Å². The Bertz CT molecular complexity index is 983. The molecule has 1 aliphatic heterocycles. The fraction of sp³-hybridized carbons (Fsp3) is 0.304. The Morgan fingerprint density at radius 2 is 1.63 bits per heavy atom. The van der Waals surface area contributed by atoms with Crippen molar-refractivity contribution >= 4 is 23.1 Å². The lowest BCUT2D eigenvalue weighted by molar-refractivity contribution is -0.120. The van der Waals surface area contributed by atoms with Crippen LogP contribution in [0.3, 0.4) is 0 Å². The average Bonchev–Trinajstić information content (AvgIpc) is 2.98. The number of hydrogen-bond acceptors (Lipinski definition) is 6. The summed E-state index contributed by atoms with van der Waals surface area (Å²) in [6.45, 7) is 3.80. The molecule has 0 saturated carbocycles. The number of ether oxygens (including phenoxy) is 2. The molecule has 0 bridgehead atoms. The SMILES string of the molecule is COc1ccccc1C1=C(N(C)CCO)C(=O)N(c2ccccc2OC(C)C)C1=O. The number of hydrogen-bond donors (Lipinski definition) is 1. The molecule has 3 rings (SSSR count).